The summed E-state index contributed by atoms with van der Waals surface area (Å²) in [5, 5.41) is 10.5. The van der Waals surface area contributed by atoms with Crippen LogP contribution in [0.25, 0.3) is 0 Å². The topological polar surface area (TPSA) is 237 Å². The Labute approximate surface area is 492 Å². The molecule has 0 fully saturated rings. The highest BCUT2D eigenvalue weighted by Crippen LogP contribution is 2.45. The van der Waals surface area contributed by atoms with E-state index in [0.29, 0.717) is 31.6 Å². The minimum Gasteiger partial charge on any atom is -0.462 e. The first kappa shape index (κ1) is 79.1. The van der Waals surface area contributed by atoms with Crippen LogP contribution in [0, 0.1) is 11.8 Å². The van der Waals surface area contributed by atoms with E-state index in [-0.39, 0.29) is 25.7 Å². The third kappa shape index (κ3) is 56.9. The molecule has 5 atom stereocenters. The molecule has 0 aromatic rings. The molecule has 2 unspecified atom stereocenters. The van der Waals surface area contributed by atoms with Crippen LogP contribution in [0.2, 0.25) is 0 Å². The maximum Gasteiger partial charge on any atom is 0.472 e. The molecule has 0 aliphatic carbocycles. The number of aliphatic hydroxyl groups excluding tert-OH is 1. The van der Waals surface area contributed by atoms with Crippen LogP contribution in [0.5, 0.6) is 0 Å². The first-order chi connectivity index (χ1) is 38.9. The second kappa shape index (κ2) is 54.7. The van der Waals surface area contributed by atoms with E-state index in [1.165, 1.54) is 109 Å². The van der Waals surface area contributed by atoms with Crippen LogP contribution in [-0.2, 0) is 65.4 Å². The van der Waals surface area contributed by atoms with Gasteiger partial charge in [0, 0.05) is 25.7 Å². The number of aliphatic hydroxyl groups is 1. The monoisotopic (exact) mass is 1200 g/mol. The normalized spacial score (nSPS) is 14.4. The zero-order valence-electron chi connectivity index (χ0n) is 52.1. The van der Waals surface area contributed by atoms with Crippen molar-refractivity contribution in [2.75, 3.05) is 39.6 Å². The Bertz CT molecular complexity index is 1600. The van der Waals surface area contributed by atoms with Gasteiger partial charge in [0.25, 0.3) is 0 Å². The number of carbonyl (C=O) groups is 4. The largest absolute Gasteiger partial charge is 0.472 e. The van der Waals surface area contributed by atoms with Crippen molar-refractivity contribution in [2.24, 2.45) is 11.8 Å². The summed E-state index contributed by atoms with van der Waals surface area (Å²) in [7, 11) is -9.88. The molecule has 0 radical (unpaired) electrons. The molecular formula is C62H120O17P2. The van der Waals surface area contributed by atoms with Gasteiger partial charge < -0.3 is 33.8 Å². The molecule has 0 aromatic heterocycles. The third-order valence-corrected chi connectivity index (χ3v) is 16.1. The lowest BCUT2D eigenvalue weighted by atomic mass is 10.0. The van der Waals surface area contributed by atoms with E-state index < -0.39 is 97.5 Å². The molecule has 0 spiro atoms. The van der Waals surface area contributed by atoms with Crippen LogP contribution < -0.4 is 0 Å². The summed E-state index contributed by atoms with van der Waals surface area (Å²) in [6, 6.07) is 0. The summed E-state index contributed by atoms with van der Waals surface area (Å²) in [6.45, 7) is 9.33. The second-order valence-corrected chi connectivity index (χ2v) is 26.3. The maximum atomic E-state index is 13.0. The van der Waals surface area contributed by atoms with E-state index >= 15 is 0 Å². The van der Waals surface area contributed by atoms with Crippen LogP contribution in [-0.4, -0.2) is 96.7 Å². The van der Waals surface area contributed by atoms with Gasteiger partial charge in [-0.05, 0) is 37.5 Å². The van der Waals surface area contributed by atoms with Crippen molar-refractivity contribution in [3.8, 4) is 0 Å². The fourth-order valence-electron chi connectivity index (χ4n) is 9.18. The van der Waals surface area contributed by atoms with E-state index in [9.17, 15) is 43.2 Å². The summed E-state index contributed by atoms with van der Waals surface area (Å²) < 4.78 is 67.8. The molecule has 0 aliphatic rings. The van der Waals surface area contributed by atoms with Crippen molar-refractivity contribution in [3.05, 3.63) is 0 Å². The van der Waals surface area contributed by atoms with Crippen molar-refractivity contribution in [1.29, 1.82) is 0 Å². The zero-order chi connectivity index (χ0) is 60.1. The lowest BCUT2D eigenvalue weighted by Crippen LogP contribution is -2.30. The predicted molar refractivity (Wildman–Crippen MR) is 321 cm³/mol. The van der Waals surface area contributed by atoms with Crippen LogP contribution in [0.15, 0.2) is 0 Å². The molecule has 0 heterocycles. The minimum absolute atomic E-state index is 0.102. The van der Waals surface area contributed by atoms with Crippen molar-refractivity contribution >= 4 is 39.5 Å². The van der Waals surface area contributed by atoms with E-state index in [4.69, 9.17) is 37.0 Å². The number of ether oxygens (including phenoxy) is 4. The average Bonchev–Trinajstić information content (AvgIpc) is 3.42. The number of phosphoric acid groups is 2. The first-order valence-corrected chi connectivity index (χ1v) is 35.5. The Morgan fingerprint density at radius 3 is 0.840 bits per heavy atom. The van der Waals surface area contributed by atoms with Gasteiger partial charge in [0.2, 0.25) is 0 Å². The smallest absolute Gasteiger partial charge is 0.462 e. The summed E-state index contributed by atoms with van der Waals surface area (Å²) in [5.41, 5.74) is 0. The van der Waals surface area contributed by atoms with Gasteiger partial charge in [0.05, 0.1) is 26.4 Å². The van der Waals surface area contributed by atoms with Crippen molar-refractivity contribution in [2.45, 2.75) is 323 Å². The average molecular weight is 1200 g/mol. The van der Waals surface area contributed by atoms with Crippen LogP contribution in [0.3, 0.4) is 0 Å². The van der Waals surface area contributed by atoms with E-state index in [1.807, 2.05) is 0 Å². The van der Waals surface area contributed by atoms with E-state index in [2.05, 4.69) is 41.5 Å². The highest BCUT2D eigenvalue weighted by Gasteiger charge is 2.30. The van der Waals surface area contributed by atoms with E-state index in [0.717, 1.165) is 109 Å². The van der Waals surface area contributed by atoms with Gasteiger partial charge in [-0.25, -0.2) is 9.13 Å². The summed E-state index contributed by atoms with van der Waals surface area (Å²) in [4.78, 5) is 72.0. The number of rotatable bonds is 61. The molecule has 0 rings (SSSR count). The van der Waals surface area contributed by atoms with Crippen LogP contribution in [0.1, 0.15) is 305 Å². The molecule has 17 nitrogen and oxygen atoms in total. The molecule has 0 amide bonds. The summed E-state index contributed by atoms with van der Waals surface area (Å²) in [6.07, 6.45) is 36.4. The summed E-state index contributed by atoms with van der Waals surface area (Å²) in [5.74, 6) is -0.730. The number of hydrogen-bond donors (Lipinski definition) is 3. The fourth-order valence-corrected chi connectivity index (χ4v) is 10.8. The molecule has 0 aliphatic heterocycles. The standard InChI is InChI=1S/C62H120O17P2/c1-7-9-11-13-15-16-17-18-19-22-27-34-40-46-61(66)78-57(51-73-60(65)45-39-33-26-23-20-21-25-30-36-42-54(3)4)52-76-80(68,69)74-48-56(63)49-75-81(70,71)77-53-58(50-72-59(64)44-38-32-24-14-12-10-8-2)79-62(67)47-41-35-29-28-31-37-43-55(5)6/h54-58,63H,7-53H2,1-6H3,(H,68,69)(H,70,71)/t56-,57-,58-/m1/s1. The number of carbonyl (C=O) groups excluding carboxylic acids is 4. The summed E-state index contributed by atoms with van der Waals surface area (Å²) >= 11 is 0. The van der Waals surface area contributed by atoms with Gasteiger partial charge in [0.1, 0.15) is 19.3 Å². The van der Waals surface area contributed by atoms with Gasteiger partial charge in [0.15, 0.2) is 12.2 Å². The lowest BCUT2D eigenvalue weighted by molar-refractivity contribution is -0.161. The number of esters is 4. The van der Waals surface area contributed by atoms with Gasteiger partial charge in [-0.3, -0.25) is 37.3 Å². The number of phosphoric ester groups is 2. The van der Waals surface area contributed by atoms with Crippen molar-refractivity contribution in [3.63, 3.8) is 0 Å². The molecule has 0 bridgehead atoms. The molecule has 0 saturated carbocycles. The molecule has 3 N–H and O–H groups in total. The zero-order valence-corrected chi connectivity index (χ0v) is 53.9. The van der Waals surface area contributed by atoms with E-state index in [1.54, 1.807) is 0 Å². The molecule has 480 valence electrons. The number of unbranched alkanes of at least 4 members (excludes halogenated alkanes) is 31. The quantitative estimate of drug-likeness (QED) is 0.0222. The van der Waals surface area contributed by atoms with Gasteiger partial charge in [-0.1, -0.05) is 253 Å². The Balaban J connectivity index is 5.22. The molecule has 81 heavy (non-hydrogen) atoms. The van der Waals surface area contributed by atoms with Gasteiger partial charge in [-0.15, -0.1) is 0 Å². The minimum atomic E-state index is -4.94. The van der Waals surface area contributed by atoms with Crippen molar-refractivity contribution < 1.29 is 80.2 Å². The Morgan fingerprint density at radius 1 is 0.333 bits per heavy atom. The second-order valence-electron chi connectivity index (χ2n) is 23.4. The third-order valence-electron chi connectivity index (χ3n) is 14.2. The fraction of sp³-hybridized carbons (Fsp3) is 0.935. The highest BCUT2D eigenvalue weighted by atomic mass is 31.2. The van der Waals surface area contributed by atoms with Crippen LogP contribution >= 0.6 is 15.6 Å². The molecule has 0 saturated heterocycles. The van der Waals surface area contributed by atoms with Gasteiger partial charge >= 0.3 is 39.5 Å². The Kier molecular flexibility index (Phi) is 53.4. The first-order valence-electron chi connectivity index (χ1n) is 32.5. The molecule has 0 aromatic carbocycles. The SMILES string of the molecule is CCCCCCCCCCCCCCCC(=O)O[C@H](COC(=O)CCCCCCCCCCCC(C)C)COP(=O)(O)OC[C@@H](O)COP(=O)(O)OC[C@@H](COC(=O)CCCCCCCCC)OC(=O)CCCCCCCCC(C)C. The highest BCUT2D eigenvalue weighted by molar-refractivity contribution is 7.47. The Morgan fingerprint density at radius 2 is 0.568 bits per heavy atom. The van der Waals surface area contributed by atoms with Crippen molar-refractivity contribution in [1.82, 2.24) is 0 Å². The number of hydrogen-bond acceptors (Lipinski definition) is 15. The molecular weight excluding hydrogens is 1080 g/mol. The molecule has 19 heteroatoms. The van der Waals surface area contributed by atoms with Crippen LogP contribution in [0.4, 0.5) is 0 Å². The van der Waals surface area contributed by atoms with Gasteiger partial charge in [-0.2, -0.15) is 0 Å². The maximum absolute atomic E-state index is 13.0. The predicted octanol–water partition coefficient (Wildman–Crippen LogP) is 16.9. The Hall–Kier alpha value is -1.94. The lowest BCUT2D eigenvalue weighted by Gasteiger charge is -2.21.